The van der Waals surface area contributed by atoms with E-state index in [4.69, 9.17) is 0 Å². The minimum atomic E-state index is -5.15. The fourth-order valence-corrected chi connectivity index (χ4v) is 5.18. The average molecular weight is 475 g/mol. The van der Waals surface area contributed by atoms with E-state index in [-0.39, 0.29) is 47.8 Å². The van der Waals surface area contributed by atoms with Crippen molar-refractivity contribution in [3.63, 3.8) is 0 Å². The largest absolute Gasteiger partial charge is 1.00 e. The monoisotopic (exact) mass is 474 g/mol. The van der Waals surface area contributed by atoms with Crippen LogP contribution in [0.25, 0.3) is 0 Å². The molecule has 0 aliphatic rings. The SMILES string of the molecule is CCCCC(CC)CC(C(=O)O)C(CC(CC)CCCC)(C(=O)O)S(=O)(=O)O.[CH2-]C.[Na+]. The Hall–Kier alpha value is -0.150. The van der Waals surface area contributed by atoms with Gasteiger partial charge in [-0.05, 0) is 24.7 Å². The van der Waals surface area contributed by atoms with Crippen molar-refractivity contribution in [2.45, 2.75) is 104 Å². The smallest absolute Gasteiger partial charge is 0.481 e. The third-order valence-corrected chi connectivity index (χ3v) is 7.48. The Labute approximate surface area is 211 Å². The molecule has 0 bridgehead atoms. The van der Waals surface area contributed by atoms with Crippen molar-refractivity contribution < 1.29 is 62.3 Å². The second-order valence-corrected chi connectivity index (χ2v) is 9.51. The van der Waals surface area contributed by atoms with Crippen LogP contribution in [0.1, 0.15) is 98.8 Å². The zero-order chi connectivity index (χ0) is 24.0. The summed E-state index contributed by atoms with van der Waals surface area (Å²) in [5.74, 6) is -5.37. The molecule has 7 nitrogen and oxygen atoms in total. The average Bonchev–Trinajstić information content (AvgIpc) is 2.69. The molecule has 0 radical (unpaired) electrons. The summed E-state index contributed by atoms with van der Waals surface area (Å²) in [6.45, 7) is 12.7. The summed E-state index contributed by atoms with van der Waals surface area (Å²) in [7, 11) is -5.15. The van der Waals surface area contributed by atoms with Gasteiger partial charge in [0.15, 0.2) is 0 Å². The molecule has 0 aliphatic heterocycles. The maximum Gasteiger partial charge on any atom is 1.00 e. The molecule has 31 heavy (non-hydrogen) atoms. The molecule has 0 spiro atoms. The predicted molar refractivity (Wildman–Crippen MR) is 120 cm³/mol. The Balaban J connectivity index is -0.00000253. The van der Waals surface area contributed by atoms with E-state index in [9.17, 15) is 32.8 Å². The Bertz CT molecular complexity index is 595. The van der Waals surface area contributed by atoms with Crippen LogP contribution >= 0.6 is 0 Å². The van der Waals surface area contributed by atoms with Gasteiger partial charge in [0.25, 0.3) is 10.1 Å². The first-order valence-corrected chi connectivity index (χ1v) is 12.6. The first kappa shape index (κ1) is 35.4. The molecule has 0 aromatic carbocycles. The molecule has 0 fully saturated rings. The van der Waals surface area contributed by atoms with Crippen LogP contribution in [-0.4, -0.2) is 39.9 Å². The molecule has 3 N–H and O–H groups in total. The third kappa shape index (κ3) is 11.0. The van der Waals surface area contributed by atoms with Crippen LogP contribution in [0.2, 0.25) is 0 Å². The van der Waals surface area contributed by atoms with Crippen molar-refractivity contribution in [2.75, 3.05) is 0 Å². The van der Waals surface area contributed by atoms with Gasteiger partial charge in [-0.2, -0.15) is 15.3 Å². The van der Waals surface area contributed by atoms with E-state index in [1.54, 1.807) is 6.92 Å². The molecule has 0 aromatic rings. The standard InChI is InChI=1S/C20H38O7S.C2H5.Na/c1-5-9-11-15(7-3)13-17(18(21)22)20(19(23)24,28(25,26)27)14-16(8-4)12-10-6-2;1-2;/h15-17H,5-14H2,1-4H3,(H,21,22)(H,23,24)(H,25,26,27);1H2,2H3;/q;-1;+1. The summed E-state index contributed by atoms with van der Waals surface area (Å²) in [5, 5.41) is 19.7. The quantitative estimate of drug-likeness (QED) is 0.178. The number of carboxylic acid groups (broad SMARTS) is 2. The molecule has 0 rings (SSSR count). The van der Waals surface area contributed by atoms with Gasteiger partial charge in [0.1, 0.15) is 0 Å². The number of unbranched alkanes of at least 4 members (excludes halogenated alkanes) is 2. The fraction of sp³-hybridized carbons (Fsp3) is 0.864. The van der Waals surface area contributed by atoms with E-state index in [2.05, 4.69) is 6.92 Å². The van der Waals surface area contributed by atoms with Gasteiger partial charge < -0.3 is 17.1 Å². The number of rotatable bonds is 16. The van der Waals surface area contributed by atoms with E-state index >= 15 is 0 Å². The first-order chi connectivity index (χ1) is 14.0. The minimum Gasteiger partial charge on any atom is -0.481 e. The summed E-state index contributed by atoms with van der Waals surface area (Å²) in [4.78, 5) is 24.3. The molecule has 180 valence electrons. The van der Waals surface area contributed by atoms with Crippen LogP contribution in [0, 0.1) is 24.7 Å². The van der Waals surface area contributed by atoms with E-state index in [1.807, 2.05) is 27.7 Å². The van der Waals surface area contributed by atoms with E-state index < -0.39 is 39.1 Å². The molecule has 0 saturated carbocycles. The van der Waals surface area contributed by atoms with Gasteiger partial charge >= 0.3 is 41.5 Å². The number of hydrogen-bond donors (Lipinski definition) is 3. The summed E-state index contributed by atoms with van der Waals surface area (Å²) in [6.07, 6.45) is 5.37. The molecule has 9 heteroatoms. The first-order valence-electron chi connectivity index (χ1n) is 11.1. The number of aliphatic carboxylic acids is 2. The molecule has 0 aliphatic carbocycles. The molecule has 0 amide bonds. The van der Waals surface area contributed by atoms with Crippen molar-refractivity contribution in [3.8, 4) is 0 Å². The maximum absolute atomic E-state index is 12.4. The molecular weight excluding hydrogens is 431 g/mol. The predicted octanol–water partition coefficient (Wildman–Crippen LogP) is 2.46. The van der Waals surface area contributed by atoms with Crippen molar-refractivity contribution >= 4 is 22.1 Å². The summed E-state index contributed by atoms with van der Waals surface area (Å²) in [6, 6.07) is 0. The van der Waals surface area contributed by atoms with Crippen molar-refractivity contribution in [1.29, 1.82) is 0 Å². The van der Waals surface area contributed by atoms with Gasteiger partial charge in [-0.25, -0.2) is 0 Å². The molecule has 0 saturated heterocycles. The number of carboxylic acids is 2. The zero-order valence-corrected chi connectivity index (χ0v) is 23.2. The topological polar surface area (TPSA) is 129 Å². The number of carbonyl (C=O) groups is 2. The van der Waals surface area contributed by atoms with Gasteiger partial charge in [0, 0.05) is 0 Å². The van der Waals surface area contributed by atoms with Crippen LogP contribution in [0.4, 0.5) is 0 Å². The zero-order valence-electron chi connectivity index (χ0n) is 20.4. The van der Waals surface area contributed by atoms with Crippen LogP contribution in [0.3, 0.4) is 0 Å². The Morgan fingerprint density at radius 2 is 1.32 bits per heavy atom. The van der Waals surface area contributed by atoms with Crippen molar-refractivity contribution in [2.24, 2.45) is 17.8 Å². The fourth-order valence-electron chi connectivity index (χ4n) is 3.95. The van der Waals surface area contributed by atoms with E-state index in [0.29, 0.717) is 25.7 Å². The minimum absolute atomic E-state index is 0. The second kappa shape index (κ2) is 18.3. The summed E-state index contributed by atoms with van der Waals surface area (Å²) >= 11 is 0. The van der Waals surface area contributed by atoms with Gasteiger partial charge in [-0.3, -0.25) is 14.1 Å². The second-order valence-electron chi connectivity index (χ2n) is 7.83. The van der Waals surface area contributed by atoms with Gasteiger partial charge in [0.05, 0.1) is 5.92 Å². The van der Waals surface area contributed by atoms with Gasteiger partial charge in [0.2, 0.25) is 4.75 Å². The summed E-state index contributed by atoms with van der Waals surface area (Å²) < 4.78 is 32.0. The molecule has 4 atom stereocenters. The van der Waals surface area contributed by atoms with Crippen LogP contribution in [0.15, 0.2) is 0 Å². The molecule has 4 unspecified atom stereocenters. The summed E-state index contributed by atoms with van der Waals surface area (Å²) in [5.41, 5.74) is 0. The molecular formula is C22H43NaO7S. The Morgan fingerprint density at radius 3 is 1.61 bits per heavy atom. The Kier molecular flexibility index (Phi) is 20.9. The van der Waals surface area contributed by atoms with Crippen molar-refractivity contribution in [1.82, 2.24) is 0 Å². The maximum atomic E-state index is 12.4. The number of hydrogen-bond acceptors (Lipinski definition) is 4. The van der Waals surface area contributed by atoms with Gasteiger partial charge in [-0.1, -0.05) is 79.1 Å². The van der Waals surface area contributed by atoms with E-state index in [0.717, 1.165) is 25.7 Å². The van der Waals surface area contributed by atoms with E-state index in [1.165, 1.54) is 0 Å². The van der Waals surface area contributed by atoms with Gasteiger partial charge in [-0.15, -0.1) is 0 Å². The van der Waals surface area contributed by atoms with Crippen LogP contribution in [0.5, 0.6) is 0 Å². The third-order valence-electron chi connectivity index (χ3n) is 5.93. The normalized spacial score (nSPS) is 16.0. The molecule has 0 heterocycles. The van der Waals surface area contributed by atoms with Crippen LogP contribution in [-0.2, 0) is 19.7 Å². The Morgan fingerprint density at radius 1 is 0.903 bits per heavy atom. The van der Waals surface area contributed by atoms with Crippen molar-refractivity contribution in [3.05, 3.63) is 6.92 Å². The molecule has 0 aromatic heterocycles. The van der Waals surface area contributed by atoms with Crippen LogP contribution < -0.4 is 29.6 Å².